The first kappa shape index (κ1) is 18.5. The molecule has 3 heterocycles. The number of benzene rings is 2. The number of fused-ring (bicyclic) bond motifs is 3. The Morgan fingerprint density at radius 3 is 2.31 bits per heavy atom. The summed E-state index contributed by atoms with van der Waals surface area (Å²) in [6.07, 6.45) is 1.77. The average Bonchev–Trinajstić information content (AvgIpc) is 3.35. The predicted molar refractivity (Wildman–Crippen MR) is 110 cm³/mol. The zero-order valence-electron chi connectivity index (χ0n) is 16.0. The molecule has 0 saturated carbocycles. The van der Waals surface area contributed by atoms with E-state index in [4.69, 9.17) is 11.6 Å². The van der Waals surface area contributed by atoms with E-state index in [1.807, 2.05) is 19.1 Å². The zero-order valence-corrected chi connectivity index (χ0v) is 16.8. The van der Waals surface area contributed by atoms with Crippen molar-refractivity contribution in [3.05, 3.63) is 64.7 Å². The number of nitrogens with zero attached hydrogens (tertiary/aromatic N) is 2. The maximum atomic E-state index is 13.4. The Bertz CT molecular complexity index is 1000. The quantitative estimate of drug-likeness (QED) is 0.576. The van der Waals surface area contributed by atoms with E-state index in [0.717, 1.165) is 24.9 Å². The number of hydrogen-bond donors (Lipinski definition) is 0. The van der Waals surface area contributed by atoms with Gasteiger partial charge in [-0.1, -0.05) is 29.3 Å². The number of carbonyl (C=O) groups is 3. The molecule has 0 unspecified atom stereocenters. The molecule has 4 atom stereocenters. The fourth-order valence-corrected chi connectivity index (χ4v) is 5.37. The number of amides is 2. The molecule has 0 bridgehead atoms. The van der Waals surface area contributed by atoms with Crippen LogP contribution in [0.1, 0.15) is 28.8 Å². The van der Waals surface area contributed by atoms with Gasteiger partial charge >= 0.3 is 0 Å². The highest BCUT2D eigenvalue weighted by atomic mass is 35.5. The molecular weight excluding hydrogens is 388 g/mol. The van der Waals surface area contributed by atoms with Crippen LogP contribution in [0.5, 0.6) is 0 Å². The molecule has 2 aromatic rings. The molecule has 0 aromatic heterocycles. The Morgan fingerprint density at radius 1 is 0.966 bits per heavy atom. The molecule has 0 spiro atoms. The van der Waals surface area contributed by atoms with Gasteiger partial charge in [-0.05, 0) is 62.7 Å². The lowest BCUT2D eigenvalue weighted by molar-refractivity contribution is -0.123. The third-order valence-corrected chi connectivity index (χ3v) is 6.79. The van der Waals surface area contributed by atoms with Crippen LogP contribution in [0.3, 0.4) is 0 Å². The first-order valence-electron chi connectivity index (χ1n) is 9.97. The molecule has 5 nitrogen and oxygen atoms in total. The van der Waals surface area contributed by atoms with Crippen LogP contribution in [-0.2, 0) is 9.59 Å². The van der Waals surface area contributed by atoms with Crippen molar-refractivity contribution in [2.24, 2.45) is 11.8 Å². The van der Waals surface area contributed by atoms with Gasteiger partial charge in [0.2, 0.25) is 11.8 Å². The highest BCUT2D eigenvalue weighted by Crippen LogP contribution is 2.48. The van der Waals surface area contributed by atoms with Crippen molar-refractivity contribution in [2.75, 3.05) is 11.4 Å². The Balaban J connectivity index is 1.54. The van der Waals surface area contributed by atoms with Crippen LogP contribution < -0.4 is 4.90 Å². The van der Waals surface area contributed by atoms with E-state index in [1.54, 1.807) is 36.4 Å². The van der Waals surface area contributed by atoms with Gasteiger partial charge in [0.15, 0.2) is 5.78 Å². The lowest BCUT2D eigenvalue weighted by atomic mass is 9.85. The summed E-state index contributed by atoms with van der Waals surface area (Å²) < 4.78 is 0. The summed E-state index contributed by atoms with van der Waals surface area (Å²) in [5.74, 6) is -1.62. The highest BCUT2D eigenvalue weighted by molar-refractivity contribution is 6.30. The monoisotopic (exact) mass is 408 g/mol. The van der Waals surface area contributed by atoms with Crippen molar-refractivity contribution >= 4 is 34.9 Å². The van der Waals surface area contributed by atoms with Gasteiger partial charge < -0.3 is 0 Å². The van der Waals surface area contributed by atoms with Gasteiger partial charge in [-0.25, -0.2) is 4.90 Å². The molecule has 3 fully saturated rings. The Hall–Kier alpha value is -2.50. The first-order valence-corrected chi connectivity index (χ1v) is 10.3. The van der Waals surface area contributed by atoms with Crippen LogP contribution in [0.4, 0.5) is 5.69 Å². The molecule has 5 rings (SSSR count). The van der Waals surface area contributed by atoms with E-state index in [0.29, 0.717) is 16.3 Å². The van der Waals surface area contributed by atoms with Crippen molar-refractivity contribution < 1.29 is 14.4 Å². The Labute approximate surface area is 174 Å². The summed E-state index contributed by atoms with van der Waals surface area (Å²) >= 11 is 5.97. The fraction of sp³-hybridized carbons (Fsp3) is 0.348. The maximum absolute atomic E-state index is 13.4. The molecule has 2 amide bonds. The second-order valence-corrected chi connectivity index (χ2v) is 8.60. The Kier molecular flexibility index (Phi) is 4.33. The zero-order chi connectivity index (χ0) is 20.3. The predicted octanol–water partition coefficient (Wildman–Crippen LogP) is 3.48. The van der Waals surface area contributed by atoms with Crippen LogP contribution in [0.15, 0.2) is 48.5 Å². The lowest BCUT2D eigenvalue weighted by Gasteiger charge is -2.27. The Morgan fingerprint density at radius 2 is 1.62 bits per heavy atom. The summed E-state index contributed by atoms with van der Waals surface area (Å²) in [5, 5.41) is 0.558. The average molecular weight is 409 g/mol. The summed E-state index contributed by atoms with van der Waals surface area (Å²) in [6.45, 7) is 2.70. The lowest BCUT2D eigenvalue weighted by Crippen LogP contribution is -2.46. The number of halogens is 1. The van der Waals surface area contributed by atoms with Crippen molar-refractivity contribution in [2.45, 2.75) is 31.8 Å². The van der Waals surface area contributed by atoms with E-state index < -0.39 is 17.9 Å². The molecule has 3 aliphatic rings. The van der Waals surface area contributed by atoms with Crippen LogP contribution in [-0.4, -0.2) is 41.1 Å². The van der Waals surface area contributed by atoms with Gasteiger partial charge in [0.1, 0.15) is 0 Å². The molecule has 3 aliphatic heterocycles. The molecule has 0 aliphatic carbocycles. The minimum Gasteiger partial charge on any atom is -0.292 e. The van der Waals surface area contributed by atoms with Gasteiger partial charge in [0.05, 0.1) is 23.6 Å². The summed E-state index contributed by atoms with van der Waals surface area (Å²) in [6, 6.07) is 13.5. The van der Waals surface area contributed by atoms with Gasteiger partial charge in [0, 0.05) is 16.6 Å². The fourth-order valence-electron chi connectivity index (χ4n) is 5.25. The summed E-state index contributed by atoms with van der Waals surface area (Å²) in [5.41, 5.74) is 2.17. The number of Topliss-reactive ketones (excluding diaryl/α,β-unsaturated/α-hetero) is 1. The number of anilines is 1. The van der Waals surface area contributed by atoms with E-state index in [-0.39, 0.29) is 23.6 Å². The maximum Gasteiger partial charge on any atom is 0.239 e. The topological polar surface area (TPSA) is 57.7 Å². The number of rotatable bonds is 3. The normalized spacial score (nSPS) is 28.7. The first-order chi connectivity index (χ1) is 14.0. The molecule has 2 aromatic carbocycles. The standard InChI is InChI=1S/C23H21ClN2O3/c1-13-4-10-16(11-5-13)26-22(28)18-17-3-2-12-25(17)20(19(18)23(26)29)21(27)14-6-8-15(24)9-7-14/h4-11,17-20H,2-3,12H2,1H3/t17-,18-,19-,20-/m0/s1. The minimum atomic E-state index is -0.628. The number of imide groups is 1. The third-order valence-electron chi connectivity index (χ3n) is 6.54. The molecule has 29 heavy (non-hydrogen) atoms. The van der Waals surface area contributed by atoms with Crippen molar-refractivity contribution in [3.8, 4) is 0 Å². The second-order valence-electron chi connectivity index (χ2n) is 8.16. The number of ketones is 1. The SMILES string of the molecule is Cc1ccc(N2C(=O)[C@@H]3[C@H](C2=O)[C@@H](C(=O)c2ccc(Cl)cc2)N2CCC[C@@H]32)cc1. The van der Waals surface area contributed by atoms with Crippen LogP contribution in [0.2, 0.25) is 5.02 Å². The van der Waals surface area contributed by atoms with E-state index in [1.165, 1.54) is 4.90 Å². The molecule has 0 radical (unpaired) electrons. The number of hydrogen-bond acceptors (Lipinski definition) is 4. The van der Waals surface area contributed by atoms with Crippen molar-refractivity contribution in [1.29, 1.82) is 0 Å². The second kappa shape index (κ2) is 6.78. The van der Waals surface area contributed by atoms with Crippen LogP contribution in [0, 0.1) is 18.8 Å². The van der Waals surface area contributed by atoms with Gasteiger partial charge in [-0.3, -0.25) is 19.3 Å². The minimum absolute atomic E-state index is 0.0480. The van der Waals surface area contributed by atoms with Gasteiger partial charge in [-0.15, -0.1) is 0 Å². The van der Waals surface area contributed by atoms with Gasteiger partial charge in [0.25, 0.3) is 0 Å². The molecule has 6 heteroatoms. The van der Waals surface area contributed by atoms with Crippen molar-refractivity contribution in [3.63, 3.8) is 0 Å². The van der Waals surface area contributed by atoms with E-state index >= 15 is 0 Å². The summed E-state index contributed by atoms with van der Waals surface area (Å²) in [7, 11) is 0. The molecule has 3 saturated heterocycles. The number of carbonyl (C=O) groups excluding carboxylic acids is 3. The van der Waals surface area contributed by atoms with E-state index in [9.17, 15) is 14.4 Å². The molecule has 0 N–H and O–H groups in total. The number of aryl methyl sites for hydroxylation is 1. The molecular formula is C23H21ClN2O3. The van der Waals surface area contributed by atoms with Gasteiger partial charge in [-0.2, -0.15) is 0 Å². The molecule has 148 valence electrons. The van der Waals surface area contributed by atoms with E-state index in [2.05, 4.69) is 4.90 Å². The van der Waals surface area contributed by atoms with Crippen LogP contribution in [0.25, 0.3) is 0 Å². The summed E-state index contributed by atoms with van der Waals surface area (Å²) in [4.78, 5) is 43.6. The third kappa shape index (κ3) is 2.75. The highest BCUT2D eigenvalue weighted by Gasteiger charge is 2.64. The largest absolute Gasteiger partial charge is 0.292 e. The van der Waals surface area contributed by atoms with Crippen LogP contribution >= 0.6 is 11.6 Å². The smallest absolute Gasteiger partial charge is 0.239 e. The van der Waals surface area contributed by atoms with Crippen molar-refractivity contribution in [1.82, 2.24) is 4.90 Å².